The van der Waals surface area contributed by atoms with Crippen molar-refractivity contribution in [3.8, 4) is 0 Å². The zero-order valence-electron chi connectivity index (χ0n) is 16.4. The van der Waals surface area contributed by atoms with Crippen LogP contribution in [0.5, 0.6) is 0 Å². The summed E-state index contributed by atoms with van der Waals surface area (Å²) in [5.41, 5.74) is 1.02. The average molecular weight is 512 g/mol. The maximum Gasteiger partial charge on any atom is 0.243 e. The Hall–Kier alpha value is -0.960. The van der Waals surface area contributed by atoms with E-state index in [-0.39, 0.29) is 0 Å². The summed E-state index contributed by atoms with van der Waals surface area (Å²) in [5.74, 6) is 0. The van der Waals surface area contributed by atoms with E-state index in [0.717, 1.165) is 28.6 Å². The first-order valence-electron chi connectivity index (χ1n) is 10.0. The second-order valence-electron chi connectivity index (χ2n) is 7.37. The van der Waals surface area contributed by atoms with E-state index in [1.807, 2.05) is 42.5 Å². The minimum absolute atomic E-state index is 0.370. The van der Waals surface area contributed by atoms with Crippen LogP contribution in [0.25, 0.3) is 0 Å². The molecule has 2 aromatic rings. The minimum Gasteiger partial charge on any atom is -0.299 e. The third-order valence-electron chi connectivity index (χ3n) is 5.51. The van der Waals surface area contributed by atoms with E-state index in [1.54, 1.807) is 16.4 Å². The van der Waals surface area contributed by atoms with Crippen molar-refractivity contribution < 1.29 is 8.42 Å². The van der Waals surface area contributed by atoms with Gasteiger partial charge < -0.3 is 0 Å². The molecule has 0 aliphatic carbocycles. The van der Waals surface area contributed by atoms with Gasteiger partial charge in [0, 0.05) is 29.2 Å². The second kappa shape index (κ2) is 10.2. The predicted molar refractivity (Wildman–Crippen MR) is 123 cm³/mol. The Balaban J connectivity index is 1.81. The first-order valence-corrected chi connectivity index (χ1v) is 12.6. The summed E-state index contributed by atoms with van der Waals surface area (Å²) in [6, 6.07) is 17.6. The van der Waals surface area contributed by atoms with Gasteiger partial charge in [-0.05, 0) is 78.2 Å². The molecule has 1 aliphatic rings. The second-order valence-corrected chi connectivity index (χ2v) is 10.6. The zero-order chi connectivity index (χ0) is 20.0. The molecule has 152 valence electrons. The third-order valence-corrected chi connectivity index (χ3v) is 8.09. The van der Waals surface area contributed by atoms with E-state index < -0.39 is 10.0 Å². The first-order chi connectivity index (χ1) is 13.5. The topological polar surface area (TPSA) is 40.6 Å². The Morgan fingerprint density at radius 2 is 1.79 bits per heavy atom. The summed E-state index contributed by atoms with van der Waals surface area (Å²) in [7, 11) is -3.54. The van der Waals surface area contributed by atoms with Crippen molar-refractivity contribution in [1.29, 1.82) is 0 Å². The summed E-state index contributed by atoms with van der Waals surface area (Å²) < 4.78 is 29.4. The Bertz CT molecular complexity index is 841. The van der Waals surface area contributed by atoms with Crippen molar-refractivity contribution in [1.82, 2.24) is 9.21 Å². The van der Waals surface area contributed by atoms with E-state index in [2.05, 4.69) is 34.4 Å². The number of likely N-dealkylation sites (tertiary alicyclic amines) is 1. The van der Waals surface area contributed by atoms with Crippen LogP contribution in [0.2, 0.25) is 0 Å². The molecule has 0 N–H and O–H groups in total. The number of sulfonamides is 1. The van der Waals surface area contributed by atoms with Gasteiger partial charge in [0.15, 0.2) is 0 Å². The molecule has 0 saturated carbocycles. The van der Waals surface area contributed by atoms with Gasteiger partial charge in [0.05, 0.1) is 4.90 Å². The van der Waals surface area contributed by atoms with Crippen LogP contribution in [0.3, 0.4) is 0 Å². The van der Waals surface area contributed by atoms with Crippen molar-refractivity contribution in [3.05, 3.63) is 63.7 Å². The standard InChI is InChI=1S/C22H29IN2O2S/c1-2-21-10-6-7-15-24(21)16-17-25(18-19-8-4-3-5-9-19)28(26,27)22-13-11-20(23)12-14-22/h3-5,8-9,11-14,21H,2,6-7,10,15-18H2,1H3. The van der Waals surface area contributed by atoms with Gasteiger partial charge in [-0.3, -0.25) is 4.90 Å². The lowest BCUT2D eigenvalue weighted by Crippen LogP contribution is -2.44. The normalized spacial score (nSPS) is 18.5. The van der Waals surface area contributed by atoms with E-state index in [9.17, 15) is 8.42 Å². The highest BCUT2D eigenvalue weighted by molar-refractivity contribution is 14.1. The molecule has 2 aromatic carbocycles. The summed E-state index contributed by atoms with van der Waals surface area (Å²) in [6.45, 7) is 5.00. The number of benzene rings is 2. The van der Waals surface area contributed by atoms with Crippen LogP contribution in [0.4, 0.5) is 0 Å². The molecule has 6 heteroatoms. The van der Waals surface area contributed by atoms with Crippen molar-refractivity contribution in [3.63, 3.8) is 0 Å². The Morgan fingerprint density at radius 1 is 1.07 bits per heavy atom. The van der Waals surface area contributed by atoms with Gasteiger partial charge in [-0.25, -0.2) is 8.42 Å². The van der Waals surface area contributed by atoms with Gasteiger partial charge in [-0.2, -0.15) is 4.31 Å². The fourth-order valence-corrected chi connectivity index (χ4v) is 5.66. The van der Waals surface area contributed by atoms with Crippen LogP contribution in [0.1, 0.15) is 38.2 Å². The molecule has 0 spiro atoms. The summed E-state index contributed by atoms with van der Waals surface area (Å²) >= 11 is 2.20. The molecular weight excluding hydrogens is 483 g/mol. The summed E-state index contributed by atoms with van der Waals surface area (Å²) in [6.07, 6.45) is 4.84. The van der Waals surface area contributed by atoms with Crippen molar-refractivity contribution in [2.75, 3.05) is 19.6 Å². The molecule has 28 heavy (non-hydrogen) atoms. The van der Waals surface area contributed by atoms with Crippen molar-refractivity contribution in [2.24, 2.45) is 0 Å². The highest BCUT2D eigenvalue weighted by atomic mass is 127. The first kappa shape index (κ1) is 21.7. The lowest BCUT2D eigenvalue weighted by Gasteiger charge is -2.36. The molecule has 4 nitrogen and oxygen atoms in total. The number of hydrogen-bond acceptors (Lipinski definition) is 3. The Labute approximate surface area is 183 Å². The largest absolute Gasteiger partial charge is 0.299 e. The lowest BCUT2D eigenvalue weighted by molar-refractivity contribution is 0.135. The molecule has 0 amide bonds. The summed E-state index contributed by atoms with van der Waals surface area (Å²) in [4.78, 5) is 2.85. The van der Waals surface area contributed by atoms with E-state index in [0.29, 0.717) is 24.0 Å². The number of rotatable bonds is 8. The van der Waals surface area contributed by atoms with Crippen LogP contribution >= 0.6 is 22.6 Å². The fourth-order valence-electron chi connectivity index (χ4n) is 3.88. The summed E-state index contributed by atoms with van der Waals surface area (Å²) in [5, 5.41) is 0. The van der Waals surface area contributed by atoms with Gasteiger partial charge in [0.25, 0.3) is 0 Å². The number of piperidine rings is 1. The Morgan fingerprint density at radius 3 is 2.46 bits per heavy atom. The SMILES string of the molecule is CCC1CCCCN1CCN(Cc1ccccc1)S(=O)(=O)c1ccc(I)cc1. The molecule has 0 radical (unpaired) electrons. The molecule has 3 rings (SSSR count). The van der Waals surface area contributed by atoms with Crippen LogP contribution in [-0.4, -0.2) is 43.3 Å². The molecule has 1 atom stereocenters. The highest BCUT2D eigenvalue weighted by Gasteiger charge is 2.27. The number of nitrogens with zero attached hydrogens (tertiary/aromatic N) is 2. The maximum atomic E-state index is 13.4. The molecule has 0 bridgehead atoms. The molecule has 0 aromatic heterocycles. The van der Waals surface area contributed by atoms with Crippen LogP contribution in [-0.2, 0) is 16.6 Å². The third kappa shape index (κ3) is 5.55. The molecule has 1 heterocycles. The maximum absolute atomic E-state index is 13.4. The van der Waals surface area contributed by atoms with Crippen LogP contribution in [0.15, 0.2) is 59.5 Å². The van der Waals surface area contributed by atoms with E-state index in [1.165, 1.54) is 19.3 Å². The van der Waals surface area contributed by atoms with E-state index in [4.69, 9.17) is 0 Å². The van der Waals surface area contributed by atoms with Crippen LogP contribution < -0.4 is 0 Å². The lowest BCUT2D eigenvalue weighted by atomic mass is 10.0. The predicted octanol–water partition coefficient (Wildman–Crippen LogP) is 4.75. The molecule has 1 fully saturated rings. The van der Waals surface area contributed by atoms with Crippen molar-refractivity contribution >= 4 is 32.6 Å². The number of halogens is 1. The van der Waals surface area contributed by atoms with Crippen molar-refractivity contribution in [2.45, 2.75) is 50.1 Å². The van der Waals surface area contributed by atoms with Gasteiger partial charge in [-0.1, -0.05) is 43.7 Å². The van der Waals surface area contributed by atoms with E-state index >= 15 is 0 Å². The monoisotopic (exact) mass is 512 g/mol. The van der Waals surface area contributed by atoms with Gasteiger partial charge in [-0.15, -0.1) is 0 Å². The highest BCUT2D eigenvalue weighted by Crippen LogP contribution is 2.22. The van der Waals surface area contributed by atoms with Gasteiger partial charge in [0.2, 0.25) is 10.0 Å². The van der Waals surface area contributed by atoms with Gasteiger partial charge >= 0.3 is 0 Å². The smallest absolute Gasteiger partial charge is 0.243 e. The zero-order valence-corrected chi connectivity index (χ0v) is 19.4. The molecule has 1 unspecified atom stereocenters. The molecular formula is C22H29IN2O2S. The quantitative estimate of drug-likeness (QED) is 0.480. The molecule has 1 saturated heterocycles. The van der Waals surface area contributed by atoms with Crippen LogP contribution in [0, 0.1) is 3.57 Å². The molecule has 1 aliphatic heterocycles. The van der Waals surface area contributed by atoms with Gasteiger partial charge in [0.1, 0.15) is 0 Å². The minimum atomic E-state index is -3.54. The fraction of sp³-hybridized carbons (Fsp3) is 0.455. The average Bonchev–Trinajstić information content (AvgIpc) is 2.72. The number of hydrogen-bond donors (Lipinski definition) is 0. The Kier molecular flexibility index (Phi) is 7.91.